The molecule has 1 saturated heterocycles. The first-order chi connectivity index (χ1) is 8.58. The number of piperidine rings is 1. The number of halogens is 3. The molecule has 0 amide bonds. The van der Waals surface area contributed by atoms with E-state index in [2.05, 4.69) is 33.2 Å². The van der Waals surface area contributed by atoms with Gasteiger partial charge in [0.15, 0.2) is 0 Å². The third-order valence-electron chi connectivity index (χ3n) is 3.44. The van der Waals surface area contributed by atoms with Crippen LogP contribution >= 0.6 is 15.9 Å². The van der Waals surface area contributed by atoms with Gasteiger partial charge >= 0.3 is 0 Å². The molecule has 2 nitrogen and oxygen atoms in total. The molecule has 5 heteroatoms. The average molecular weight is 319 g/mol. The van der Waals surface area contributed by atoms with Gasteiger partial charge in [-0.3, -0.25) is 0 Å². The van der Waals surface area contributed by atoms with Crippen LogP contribution in [0.3, 0.4) is 0 Å². The van der Waals surface area contributed by atoms with E-state index in [1.54, 1.807) is 0 Å². The van der Waals surface area contributed by atoms with Crippen LogP contribution in [0.5, 0.6) is 0 Å². The number of hydrogen-bond acceptors (Lipinski definition) is 2. The smallest absolute Gasteiger partial charge is 0.150 e. The monoisotopic (exact) mass is 318 g/mol. The molecule has 1 unspecified atom stereocenters. The van der Waals surface area contributed by atoms with Crippen molar-refractivity contribution in [2.45, 2.75) is 25.3 Å². The zero-order valence-electron chi connectivity index (χ0n) is 10.3. The first-order valence-electron chi connectivity index (χ1n) is 6.16. The lowest BCUT2D eigenvalue weighted by Crippen LogP contribution is -2.40. The van der Waals surface area contributed by atoms with E-state index in [1.807, 2.05) is 0 Å². The lowest BCUT2D eigenvalue weighted by Gasteiger charge is -2.32. The molecule has 1 fully saturated rings. The minimum Gasteiger partial charge on any atom is -0.379 e. The summed E-state index contributed by atoms with van der Waals surface area (Å²) in [5.41, 5.74) is -0.0304. The van der Waals surface area contributed by atoms with E-state index >= 15 is 0 Å². The van der Waals surface area contributed by atoms with Crippen LogP contribution in [0.1, 0.15) is 19.3 Å². The second-order valence-electron chi connectivity index (χ2n) is 4.76. The molecular formula is C13H17BrF2N2. The highest BCUT2D eigenvalue weighted by Crippen LogP contribution is 2.24. The van der Waals surface area contributed by atoms with Crippen molar-refractivity contribution in [3.63, 3.8) is 0 Å². The summed E-state index contributed by atoms with van der Waals surface area (Å²) in [6.07, 6.45) is 3.46. The fraction of sp³-hybridized carbons (Fsp3) is 0.538. The molecule has 0 bridgehead atoms. The standard InChI is InChI=1S/C13H17BrF2N2/c1-18-5-3-2-4-10(18)8-17-13-11(15)6-9(14)7-12(13)16/h6-7,10,17H,2-5,8H2,1H3. The molecular weight excluding hydrogens is 302 g/mol. The number of rotatable bonds is 3. The van der Waals surface area contributed by atoms with Crippen LogP contribution in [0, 0.1) is 11.6 Å². The number of benzene rings is 1. The first-order valence-corrected chi connectivity index (χ1v) is 6.96. The van der Waals surface area contributed by atoms with Crippen LogP contribution < -0.4 is 5.32 Å². The third-order valence-corrected chi connectivity index (χ3v) is 3.90. The van der Waals surface area contributed by atoms with Crippen molar-refractivity contribution in [1.29, 1.82) is 0 Å². The average Bonchev–Trinajstić information content (AvgIpc) is 2.30. The van der Waals surface area contributed by atoms with Crippen LogP contribution in [-0.2, 0) is 0 Å². The molecule has 1 aliphatic rings. The molecule has 0 aromatic heterocycles. The van der Waals surface area contributed by atoms with Gasteiger partial charge < -0.3 is 10.2 Å². The Kier molecular flexibility index (Phi) is 4.56. The Balaban J connectivity index is 2.01. The van der Waals surface area contributed by atoms with Gasteiger partial charge in [0, 0.05) is 17.1 Å². The van der Waals surface area contributed by atoms with Crippen molar-refractivity contribution in [3.05, 3.63) is 28.2 Å². The number of likely N-dealkylation sites (N-methyl/N-ethyl adjacent to an activating group) is 1. The third kappa shape index (κ3) is 3.20. The van der Waals surface area contributed by atoms with E-state index in [0.717, 1.165) is 13.0 Å². The van der Waals surface area contributed by atoms with E-state index in [1.165, 1.54) is 25.0 Å². The highest BCUT2D eigenvalue weighted by atomic mass is 79.9. The van der Waals surface area contributed by atoms with Gasteiger partial charge in [-0.2, -0.15) is 0 Å². The molecule has 0 spiro atoms. The Hall–Kier alpha value is -0.680. The summed E-state index contributed by atoms with van der Waals surface area (Å²) in [6, 6.07) is 2.90. The van der Waals surface area contributed by atoms with Crippen molar-refractivity contribution in [1.82, 2.24) is 4.90 Å². The molecule has 0 saturated carbocycles. The lowest BCUT2D eigenvalue weighted by atomic mass is 10.0. The summed E-state index contributed by atoms with van der Waals surface area (Å²) >= 11 is 3.07. The van der Waals surface area contributed by atoms with Crippen molar-refractivity contribution >= 4 is 21.6 Å². The quantitative estimate of drug-likeness (QED) is 0.915. The van der Waals surface area contributed by atoms with Gasteiger partial charge in [-0.05, 0) is 38.6 Å². The number of nitrogens with zero attached hydrogens (tertiary/aromatic N) is 1. The van der Waals surface area contributed by atoms with Crippen LogP contribution in [0.25, 0.3) is 0 Å². The van der Waals surface area contributed by atoms with Crippen LogP contribution in [0.2, 0.25) is 0 Å². The molecule has 100 valence electrons. The lowest BCUT2D eigenvalue weighted by molar-refractivity contribution is 0.194. The molecule has 2 rings (SSSR count). The highest BCUT2D eigenvalue weighted by Gasteiger charge is 2.19. The Labute approximate surface area is 114 Å². The van der Waals surface area contributed by atoms with E-state index in [9.17, 15) is 8.78 Å². The Morgan fingerprint density at radius 1 is 1.33 bits per heavy atom. The van der Waals surface area contributed by atoms with Crippen LogP contribution in [0.4, 0.5) is 14.5 Å². The number of hydrogen-bond donors (Lipinski definition) is 1. The van der Waals surface area contributed by atoms with Crippen molar-refractivity contribution < 1.29 is 8.78 Å². The molecule has 1 aliphatic heterocycles. The minimum atomic E-state index is -0.555. The van der Waals surface area contributed by atoms with Gasteiger partial charge in [0.25, 0.3) is 0 Å². The molecule has 18 heavy (non-hydrogen) atoms. The number of anilines is 1. The van der Waals surface area contributed by atoms with Crippen LogP contribution in [-0.4, -0.2) is 31.1 Å². The summed E-state index contributed by atoms with van der Waals surface area (Å²) < 4.78 is 27.6. The summed E-state index contributed by atoms with van der Waals surface area (Å²) in [4.78, 5) is 2.24. The molecule has 0 radical (unpaired) electrons. The fourth-order valence-corrected chi connectivity index (χ4v) is 2.73. The molecule has 1 aromatic carbocycles. The summed E-state index contributed by atoms with van der Waals surface area (Å²) in [6.45, 7) is 1.63. The SMILES string of the molecule is CN1CCCCC1CNc1c(F)cc(Br)cc1F. The number of likely N-dealkylation sites (tertiary alicyclic amines) is 1. The van der Waals surface area contributed by atoms with Crippen molar-refractivity contribution in [2.75, 3.05) is 25.5 Å². The molecule has 1 aromatic rings. The van der Waals surface area contributed by atoms with Gasteiger partial charge in [-0.25, -0.2) is 8.78 Å². The van der Waals surface area contributed by atoms with Crippen LogP contribution in [0.15, 0.2) is 16.6 Å². The molecule has 0 aliphatic carbocycles. The van der Waals surface area contributed by atoms with Crippen molar-refractivity contribution in [3.8, 4) is 0 Å². The first kappa shape index (κ1) is 13.7. The van der Waals surface area contributed by atoms with Gasteiger partial charge in [0.1, 0.15) is 17.3 Å². The molecule has 1 atom stereocenters. The zero-order chi connectivity index (χ0) is 13.1. The van der Waals surface area contributed by atoms with E-state index in [4.69, 9.17) is 0 Å². The summed E-state index contributed by atoms with van der Waals surface area (Å²) in [5.74, 6) is -1.11. The second-order valence-corrected chi connectivity index (χ2v) is 5.67. The van der Waals surface area contributed by atoms with Gasteiger partial charge in [-0.15, -0.1) is 0 Å². The predicted octanol–water partition coefficient (Wildman–Crippen LogP) is 3.62. The van der Waals surface area contributed by atoms with Gasteiger partial charge in [0.2, 0.25) is 0 Å². The largest absolute Gasteiger partial charge is 0.379 e. The van der Waals surface area contributed by atoms with Gasteiger partial charge in [-0.1, -0.05) is 22.4 Å². The van der Waals surface area contributed by atoms with E-state index < -0.39 is 11.6 Å². The topological polar surface area (TPSA) is 15.3 Å². The van der Waals surface area contributed by atoms with Gasteiger partial charge in [0.05, 0.1) is 0 Å². The maximum atomic E-state index is 13.6. The fourth-order valence-electron chi connectivity index (χ4n) is 2.33. The van der Waals surface area contributed by atoms with E-state index in [-0.39, 0.29) is 5.69 Å². The predicted molar refractivity (Wildman–Crippen MR) is 72.8 cm³/mol. The highest BCUT2D eigenvalue weighted by molar-refractivity contribution is 9.10. The maximum absolute atomic E-state index is 13.6. The summed E-state index contributed by atoms with van der Waals surface area (Å²) in [7, 11) is 2.06. The second kappa shape index (κ2) is 5.97. The molecule has 1 heterocycles. The van der Waals surface area contributed by atoms with E-state index in [0.29, 0.717) is 17.1 Å². The number of nitrogens with one attached hydrogen (secondary N) is 1. The maximum Gasteiger partial charge on any atom is 0.150 e. The Bertz CT molecular complexity index is 402. The zero-order valence-corrected chi connectivity index (χ0v) is 11.9. The normalized spacial score (nSPS) is 21.0. The minimum absolute atomic E-state index is 0.0304. The Morgan fingerprint density at radius 3 is 2.61 bits per heavy atom. The summed E-state index contributed by atoms with van der Waals surface area (Å²) in [5, 5.41) is 2.90. The van der Waals surface area contributed by atoms with Crippen molar-refractivity contribution in [2.24, 2.45) is 0 Å². The molecule has 1 N–H and O–H groups in total. The Morgan fingerprint density at radius 2 is 2.00 bits per heavy atom.